The molecule has 1 amide bonds. The van der Waals surface area contributed by atoms with E-state index in [4.69, 9.17) is 11.6 Å². The van der Waals surface area contributed by atoms with Crippen molar-refractivity contribution in [2.45, 2.75) is 63.2 Å². The third-order valence-electron chi connectivity index (χ3n) is 4.13. The normalized spacial score (nSPS) is 16.8. The van der Waals surface area contributed by atoms with Gasteiger partial charge in [0.2, 0.25) is 5.91 Å². The summed E-state index contributed by atoms with van der Waals surface area (Å²) in [4.78, 5) is 12.0. The van der Waals surface area contributed by atoms with Gasteiger partial charge >= 0.3 is 0 Å². The Morgan fingerprint density at radius 2 is 1.73 bits per heavy atom. The minimum absolute atomic E-state index is 0.217. The lowest BCUT2D eigenvalue weighted by Crippen LogP contribution is -2.35. The molecule has 1 N–H and O–H groups in total. The minimum Gasteiger partial charge on any atom is -0.353 e. The van der Waals surface area contributed by atoms with Crippen LogP contribution in [-0.4, -0.2) is 17.7 Å². The molecule has 1 aliphatic carbocycles. The second kappa shape index (κ2) is 10.2. The maximum absolute atomic E-state index is 12.0. The van der Waals surface area contributed by atoms with Crippen molar-refractivity contribution in [3.63, 3.8) is 0 Å². The number of carbonyl (C=O) groups excluding carboxylic acids is 1. The van der Waals surface area contributed by atoms with Gasteiger partial charge in [0.1, 0.15) is 0 Å². The lowest BCUT2D eigenvalue weighted by atomic mass is 9.97. The maximum atomic E-state index is 12.0. The molecule has 122 valence electrons. The zero-order chi connectivity index (χ0) is 15.6. The van der Waals surface area contributed by atoms with Crippen LogP contribution in [0, 0.1) is 0 Å². The largest absolute Gasteiger partial charge is 0.353 e. The van der Waals surface area contributed by atoms with Crippen LogP contribution in [0.3, 0.4) is 0 Å². The Balaban J connectivity index is 1.59. The lowest BCUT2D eigenvalue weighted by molar-refractivity contribution is -0.121. The highest BCUT2D eigenvalue weighted by Gasteiger charge is 2.13. The first-order valence-corrected chi connectivity index (χ1v) is 9.89. The van der Waals surface area contributed by atoms with Crippen LogP contribution in [-0.2, 0) is 10.5 Å². The second-order valence-corrected chi connectivity index (χ2v) is 7.58. The number of amides is 1. The predicted octanol–water partition coefficient (Wildman–Crippen LogP) is 5.19. The van der Waals surface area contributed by atoms with Crippen molar-refractivity contribution in [3.8, 4) is 0 Å². The van der Waals surface area contributed by atoms with Gasteiger partial charge in [0.15, 0.2) is 0 Å². The van der Waals surface area contributed by atoms with Crippen LogP contribution in [0.2, 0.25) is 5.02 Å². The van der Waals surface area contributed by atoms with E-state index in [0.717, 1.165) is 29.4 Å². The van der Waals surface area contributed by atoms with E-state index < -0.39 is 0 Å². The van der Waals surface area contributed by atoms with Crippen LogP contribution >= 0.6 is 23.4 Å². The van der Waals surface area contributed by atoms with Gasteiger partial charge in [-0.25, -0.2) is 0 Å². The second-order valence-electron chi connectivity index (χ2n) is 6.04. The molecule has 22 heavy (non-hydrogen) atoms. The highest BCUT2D eigenvalue weighted by molar-refractivity contribution is 7.98. The van der Waals surface area contributed by atoms with Crippen LogP contribution in [0.5, 0.6) is 0 Å². The van der Waals surface area contributed by atoms with E-state index in [1.807, 2.05) is 24.3 Å². The number of nitrogens with one attached hydrogen (secondary N) is 1. The Morgan fingerprint density at radius 1 is 1.09 bits per heavy atom. The van der Waals surface area contributed by atoms with E-state index in [-0.39, 0.29) is 5.91 Å². The third-order valence-corrected chi connectivity index (χ3v) is 5.41. The molecule has 0 heterocycles. The maximum Gasteiger partial charge on any atom is 0.221 e. The van der Waals surface area contributed by atoms with Gasteiger partial charge in [0.25, 0.3) is 0 Å². The van der Waals surface area contributed by atoms with Crippen molar-refractivity contribution in [1.82, 2.24) is 5.32 Å². The molecule has 1 aromatic rings. The predicted molar refractivity (Wildman–Crippen MR) is 96.5 cm³/mol. The van der Waals surface area contributed by atoms with Gasteiger partial charge in [-0.05, 0) is 30.5 Å². The molecule has 0 saturated heterocycles. The first-order valence-electron chi connectivity index (χ1n) is 8.35. The fourth-order valence-electron chi connectivity index (χ4n) is 2.84. The summed E-state index contributed by atoms with van der Waals surface area (Å²) in [6.07, 6.45) is 9.46. The smallest absolute Gasteiger partial charge is 0.221 e. The summed E-state index contributed by atoms with van der Waals surface area (Å²) in [7, 11) is 0. The summed E-state index contributed by atoms with van der Waals surface area (Å²) >= 11 is 7.68. The van der Waals surface area contributed by atoms with Gasteiger partial charge in [-0.2, -0.15) is 11.8 Å². The number of thioether (sulfide) groups is 1. The van der Waals surface area contributed by atoms with E-state index in [1.54, 1.807) is 11.8 Å². The fourth-order valence-corrected chi connectivity index (χ4v) is 3.86. The molecule has 2 rings (SSSR count). The standard InChI is InChI=1S/C18H26ClNOS/c19-16-10-8-15(9-11-16)14-22-13-12-18(21)20-17-6-4-2-1-3-5-7-17/h8-11,17H,1-7,12-14H2,(H,20,21). The van der Waals surface area contributed by atoms with Crippen molar-refractivity contribution < 1.29 is 4.79 Å². The van der Waals surface area contributed by atoms with Crippen molar-refractivity contribution >= 4 is 29.3 Å². The first kappa shape index (κ1) is 17.7. The number of rotatable bonds is 6. The molecule has 0 spiro atoms. The zero-order valence-corrected chi connectivity index (χ0v) is 14.7. The molecule has 1 saturated carbocycles. The molecule has 1 fully saturated rings. The number of hydrogen-bond donors (Lipinski definition) is 1. The van der Waals surface area contributed by atoms with Gasteiger partial charge in [-0.1, -0.05) is 55.8 Å². The highest BCUT2D eigenvalue weighted by Crippen LogP contribution is 2.18. The Morgan fingerprint density at radius 3 is 2.41 bits per heavy atom. The Kier molecular flexibility index (Phi) is 8.17. The van der Waals surface area contributed by atoms with E-state index >= 15 is 0 Å². The quantitative estimate of drug-likeness (QED) is 0.722. The van der Waals surface area contributed by atoms with Crippen LogP contribution in [0.4, 0.5) is 0 Å². The molecule has 1 aliphatic rings. The van der Waals surface area contributed by atoms with E-state index in [0.29, 0.717) is 12.5 Å². The minimum atomic E-state index is 0.217. The summed E-state index contributed by atoms with van der Waals surface area (Å²) in [5, 5.41) is 3.99. The molecule has 0 radical (unpaired) electrons. The molecule has 0 unspecified atom stereocenters. The van der Waals surface area contributed by atoms with Crippen LogP contribution in [0.25, 0.3) is 0 Å². The van der Waals surface area contributed by atoms with E-state index in [9.17, 15) is 4.79 Å². The Bertz CT molecular complexity index is 441. The fraction of sp³-hybridized carbons (Fsp3) is 0.611. The summed E-state index contributed by atoms with van der Waals surface area (Å²) in [6.45, 7) is 0. The Hall–Kier alpha value is -0.670. The molecule has 1 aromatic carbocycles. The lowest BCUT2D eigenvalue weighted by Gasteiger charge is -2.21. The summed E-state index contributed by atoms with van der Waals surface area (Å²) in [6, 6.07) is 8.33. The van der Waals surface area contributed by atoms with Crippen molar-refractivity contribution in [1.29, 1.82) is 0 Å². The summed E-state index contributed by atoms with van der Waals surface area (Å²) in [5.74, 6) is 2.03. The van der Waals surface area contributed by atoms with Gasteiger partial charge in [-0.15, -0.1) is 0 Å². The number of carbonyl (C=O) groups is 1. The first-order chi connectivity index (χ1) is 10.7. The van der Waals surface area contributed by atoms with Crippen LogP contribution in [0.15, 0.2) is 24.3 Å². The molecular weight excluding hydrogens is 314 g/mol. The number of benzene rings is 1. The molecule has 0 aromatic heterocycles. The van der Waals surface area contributed by atoms with Crippen LogP contribution in [0.1, 0.15) is 56.9 Å². The zero-order valence-electron chi connectivity index (χ0n) is 13.2. The average Bonchev–Trinajstić information content (AvgIpc) is 2.48. The highest BCUT2D eigenvalue weighted by atomic mass is 35.5. The van der Waals surface area contributed by atoms with Gasteiger partial charge in [-0.3, -0.25) is 4.79 Å². The van der Waals surface area contributed by atoms with Crippen molar-refractivity contribution in [2.75, 3.05) is 5.75 Å². The molecular formula is C18H26ClNOS. The van der Waals surface area contributed by atoms with Gasteiger partial charge in [0, 0.05) is 29.0 Å². The molecule has 0 bridgehead atoms. The Labute approximate surface area is 143 Å². The SMILES string of the molecule is O=C(CCSCc1ccc(Cl)cc1)NC1CCCCCCC1. The molecule has 0 atom stereocenters. The number of halogens is 1. The van der Waals surface area contributed by atoms with Crippen molar-refractivity contribution in [3.05, 3.63) is 34.9 Å². The average molecular weight is 340 g/mol. The summed E-state index contributed by atoms with van der Waals surface area (Å²) < 4.78 is 0. The number of hydrogen-bond acceptors (Lipinski definition) is 2. The van der Waals surface area contributed by atoms with E-state index in [1.165, 1.54) is 37.7 Å². The molecule has 2 nitrogen and oxygen atoms in total. The van der Waals surface area contributed by atoms with Gasteiger partial charge in [0.05, 0.1) is 0 Å². The topological polar surface area (TPSA) is 29.1 Å². The van der Waals surface area contributed by atoms with Crippen molar-refractivity contribution in [2.24, 2.45) is 0 Å². The molecule has 0 aliphatic heterocycles. The molecule has 4 heteroatoms. The monoisotopic (exact) mass is 339 g/mol. The van der Waals surface area contributed by atoms with Gasteiger partial charge < -0.3 is 5.32 Å². The van der Waals surface area contributed by atoms with Crippen LogP contribution < -0.4 is 5.32 Å². The summed E-state index contributed by atoms with van der Waals surface area (Å²) in [5.41, 5.74) is 1.26. The third kappa shape index (κ3) is 7.06. The van der Waals surface area contributed by atoms with E-state index in [2.05, 4.69) is 5.32 Å².